The normalized spacial score (nSPS) is 18.2. The molecule has 4 rings (SSSR count). The number of fused-ring (bicyclic) bond motifs is 1. The average Bonchev–Trinajstić information content (AvgIpc) is 3.41. The Morgan fingerprint density at radius 1 is 0.941 bits per heavy atom. The molecule has 2 heterocycles. The van der Waals surface area contributed by atoms with Gasteiger partial charge in [0.1, 0.15) is 11.8 Å². The van der Waals surface area contributed by atoms with Crippen molar-refractivity contribution in [1.82, 2.24) is 15.1 Å². The molecule has 2 aromatic rings. The fourth-order valence-corrected chi connectivity index (χ4v) is 4.85. The smallest absolute Gasteiger partial charge is 0.318 e. The van der Waals surface area contributed by atoms with Crippen molar-refractivity contribution >= 4 is 11.9 Å². The minimum absolute atomic E-state index is 0.0318. The van der Waals surface area contributed by atoms with Crippen LogP contribution in [0.5, 0.6) is 17.2 Å². The van der Waals surface area contributed by atoms with E-state index in [0.717, 1.165) is 48.4 Å². The van der Waals surface area contributed by atoms with Crippen molar-refractivity contribution in [2.24, 2.45) is 0 Å². The summed E-state index contributed by atoms with van der Waals surface area (Å²) in [5.41, 5.74) is 3.02. The van der Waals surface area contributed by atoms with Crippen LogP contribution in [0.3, 0.4) is 0 Å². The molecule has 0 unspecified atom stereocenters. The summed E-state index contributed by atoms with van der Waals surface area (Å²) in [5, 5.41) is 2.95. The minimum Gasteiger partial charge on any atom is -0.497 e. The molecule has 8 heteroatoms. The number of ether oxygens (including phenoxy) is 3. The van der Waals surface area contributed by atoms with Gasteiger partial charge in [0.25, 0.3) is 0 Å². The van der Waals surface area contributed by atoms with E-state index in [2.05, 4.69) is 5.32 Å². The maximum Gasteiger partial charge on any atom is 0.318 e. The van der Waals surface area contributed by atoms with Crippen molar-refractivity contribution in [1.29, 1.82) is 0 Å². The van der Waals surface area contributed by atoms with Crippen molar-refractivity contribution in [3.8, 4) is 17.2 Å². The number of benzene rings is 2. The fourth-order valence-electron chi connectivity index (χ4n) is 4.85. The molecule has 2 aromatic carbocycles. The summed E-state index contributed by atoms with van der Waals surface area (Å²) in [4.78, 5) is 29.9. The van der Waals surface area contributed by atoms with Gasteiger partial charge in [0, 0.05) is 19.6 Å². The standard InChI is InChI=1S/C26H33N3O5/c1-17(25(30)28-12-5-6-13-28)27-26(31)29-14-11-19-15-22(33-3)23(34-4)16-21(19)24(29)18-7-9-20(32-2)10-8-18/h7-10,15-17,24H,5-6,11-14H2,1-4H3,(H,27,31)/t17-,24+/m0/s1. The highest BCUT2D eigenvalue weighted by Crippen LogP contribution is 2.41. The molecule has 2 aliphatic rings. The Kier molecular flexibility index (Phi) is 7.14. The summed E-state index contributed by atoms with van der Waals surface area (Å²) in [6.45, 7) is 3.78. The van der Waals surface area contributed by atoms with Gasteiger partial charge in [-0.2, -0.15) is 0 Å². The molecule has 0 bridgehead atoms. The van der Waals surface area contributed by atoms with E-state index in [-0.39, 0.29) is 18.0 Å². The number of amides is 3. The van der Waals surface area contributed by atoms with Gasteiger partial charge in [-0.25, -0.2) is 4.79 Å². The summed E-state index contributed by atoms with van der Waals surface area (Å²) in [7, 11) is 4.85. The molecule has 0 radical (unpaired) electrons. The zero-order valence-electron chi connectivity index (χ0n) is 20.3. The second kappa shape index (κ2) is 10.2. The van der Waals surface area contributed by atoms with Crippen molar-refractivity contribution in [3.63, 3.8) is 0 Å². The maximum atomic E-state index is 13.5. The van der Waals surface area contributed by atoms with E-state index in [1.807, 2.05) is 41.3 Å². The molecular formula is C26H33N3O5. The van der Waals surface area contributed by atoms with Gasteiger partial charge in [0.05, 0.1) is 27.4 Å². The molecule has 182 valence electrons. The van der Waals surface area contributed by atoms with Crippen LogP contribution >= 0.6 is 0 Å². The van der Waals surface area contributed by atoms with Crippen LogP contribution in [0.15, 0.2) is 36.4 Å². The highest BCUT2D eigenvalue weighted by atomic mass is 16.5. The Hall–Kier alpha value is -3.42. The van der Waals surface area contributed by atoms with Crippen LogP contribution in [-0.4, -0.2) is 68.7 Å². The third kappa shape index (κ3) is 4.62. The predicted octanol–water partition coefficient (Wildman–Crippen LogP) is 3.38. The van der Waals surface area contributed by atoms with E-state index in [9.17, 15) is 9.59 Å². The SMILES string of the molecule is COc1ccc([C@@H]2c3cc(OC)c(OC)cc3CCN2C(=O)N[C@@H](C)C(=O)N2CCCC2)cc1. The van der Waals surface area contributed by atoms with Crippen LogP contribution in [0.2, 0.25) is 0 Å². The topological polar surface area (TPSA) is 80.3 Å². The van der Waals surface area contributed by atoms with E-state index < -0.39 is 6.04 Å². The minimum atomic E-state index is -0.589. The number of carbonyl (C=O) groups excluding carboxylic acids is 2. The van der Waals surface area contributed by atoms with Gasteiger partial charge >= 0.3 is 6.03 Å². The quantitative estimate of drug-likeness (QED) is 0.705. The van der Waals surface area contributed by atoms with E-state index >= 15 is 0 Å². The van der Waals surface area contributed by atoms with Crippen molar-refractivity contribution in [3.05, 3.63) is 53.1 Å². The summed E-state index contributed by atoms with van der Waals surface area (Å²) in [6, 6.07) is 10.4. The number of likely N-dealkylation sites (tertiary alicyclic amines) is 1. The number of urea groups is 1. The van der Waals surface area contributed by atoms with Gasteiger partial charge in [-0.15, -0.1) is 0 Å². The monoisotopic (exact) mass is 467 g/mol. The maximum absolute atomic E-state index is 13.5. The Bertz CT molecular complexity index is 1030. The Morgan fingerprint density at radius 3 is 2.21 bits per heavy atom. The second-order valence-corrected chi connectivity index (χ2v) is 8.73. The zero-order valence-corrected chi connectivity index (χ0v) is 20.3. The molecule has 2 aliphatic heterocycles. The van der Waals surface area contributed by atoms with Crippen molar-refractivity contribution in [2.75, 3.05) is 41.0 Å². The molecule has 0 saturated carbocycles. The van der Waals surface area contributed by atoms with Crippen LogP contribution in [0.25, 0.3) is 0 Å². The molecule has 8 nitrogen and oxygen atoms in total. The molecule has 34 heavy (non-hydrogen) atoms. The van der Waals surface area contributed by atoms with Crippen LogP contribution in [0.1, 0.15) is 42.5 Å². The van der Waals surface area contributed by atoms with Gasteiger partial charge in [-0.1, -0.05) is 12.1 Å². The number of carbonyl (C=O) groups is 2. The van der Waals surface area contributed by atoms with Gasteiger partial charge in [-0.05, 0) is 67.1 Å². The Morgan fingerprint density at radius 2 is 1.59 bits per heavy atom. The lowest BCUT2D eigenvalue weighted by Crippen LogP contribution is -2.52. The number of nitrogens with one attached hydrogen (secondary N) is 1. The lowest BCUT2D eigenvalue weighted by atomic mass is 9.87. The predicted molar refractivity (Wildman–Crippen MR) is 129 cm³/mol. The summed E-state index contributed by atoms with van der Waals surface area (Å²) < 4.78 is 16.4. The number of methoxy groups -OCH3 is 3. The first-order chi connectivity index (χ1) is 16.5. The van der Waals surface area contributed by atoms with Crippen LogP contribution in [0.4, 0.5) is 4.79 Å². The van der Waals surface area contributed by atoms with Gasteiger partial charge < -0.3 is 29.3 Å². The largest absolute Gasteiger partial charge is 0.497 e. The van der Waals surface area contributed by atoms with Crippen molar-refractivity contribution in [2.45, 2.75) is 38.3 Å². The summed E-state index contributed by atoms with van der Waals surface area (Å²) >= 11 is 0. The third-order valence-corrected chi connectivity index (χ3v) is 6.69. The summed E-state index contributed by atoms with van der Waals surface area (Å²) in [5.74, 6) is 1.99. The number of rotatable bonds is 6. The Balaban J connectivity index is 1.66. The fraction of sp³-hybridized carbons (Fsp3) is 0.462. The number of hydrogen-bond acceptors (Lipinski definition) is 5. The first-order valence-corrected chi connectivity index (χ1v) is 11.7. The number of nitrogens with zero attached hydrogens (tertiary/aromatic N) is 2. The summed E-state index contributed by atoms with van der Waals surface area (Å²) in [6.07, 6.45) is 2.70. The average molecular weight is 468 g/mol. The zero-order chi connectivity index (χ0) is 24.2. The van der Waals surface area contributed by atoms with Crippen molar-refractivity contribution < 1.29 is 23.8 Å². The first-order valence-electron chi connectivity index (χ1n) is 11.7. The molecular weight excluding hydrogens is 434 g/mol. The lowest BCUT2D eigenvalue weighted by molar-refractivity contribution is -0.131. The number of hydrogen-bond donors (Lipinski definition) is 1. The van der Waals surface area contributed by atoms with Gasteiger partial charge in [0.2, 0.25) is 5.91 Å². The van der Waals surface area contributed by atoms with E-state index in [4.69, 9.17) is 14.2 Å². The molecule has 0 aliphatic carbocycles. The Labute approximate surface area is 200 Å². The molecule has 1 saturated heterocycles. The molecule has 1 fully saturated rings. The van der Waals surface area contributed by atoms with Crippen LogP contribution in [-0.2, 0) is 11.2 Å². The van der Waals surface area contributed by atoms with Crippen LogP contribution in [0, 0.1) is 0 Å². The highest BCUT2D eigenvalue weighted by molar-refractivity contribution is 5.87. The van der Waals surface area contributed by atoms with Gasteiger partial charge in [-0.3, -0.25) is 4.79 Å². The van der Waals surface area contributed by atoms with Crippen LogP contribution < -0.4 is 19.5 Å². The third-order valence-electron chi connectivity index (χ3n) is 6.69. The molecule has 0 aromatic heterocycles. The molecule has 1 N–H and O–H groups in total. The van der Waals surface area contributed by atoms with Gasteiger partial charge in [0.15, 0.2) is 11.5 Å². The molecule has 0 spiro atoms. The molecule has 2 atom stereocenters. The highest BCUT2D eigenvalue weighted by Gasteiger charge is 2.35. The first kappa shape index (κ1) is 23.7. The molecule has 3 amide bonds. The van der Waals surface area contributed by atoms with E-state index in [0.29, 0.717) is 24.5 Å². The second-order valence-electron chi connectivity index (χ2n) is 8.73. The van der Waals surface area contributed by atoms with E-state index in [1.165, 1.54) is 0 Å². The lowest BCUT2D eigenvalue weighted by Gasteiger charge is -2.38. The van der Waals surface area contributed by atoms with E-state index in [1.54, 1.807) is 33.2 Å².